The van der Waals surface area contributed by atoms with Gasteiger partial charge in [-0.15, -0.1) is 0 Å². The van der Waals surface area contributed by atoms with Gasteiger partial charge in [-0.25, -0.2) is 8.78 Å². The van der Waals surface area contributed by atoms with Crippen LogP contribution in [0.3, 0.4) is 0 Å². The summed E-state index contributed by atoms with van der Waals surface area (Å²) in [5.41, 5.74) is 1.20. The molecule has 2 heterocycles. The van der Waals surface area contributed by atoms with Crippen LogP contribution in [-0.4, -0.2) is 60.3 Å². The standard InChI is InChI=1S/C20H25F2N3O2/c21-20(22)10-4-12-24(15-20)11-3-5-18(26)23-17-8-6-16(7-9-17)19(27)25-13-1-2-14-25/h3,5-9H,1-2,4,10-15H2,(H,23,26)/b5-3+. The van der Waals surface area contributed by atoms with E-state index in [4.69, 9.17) is 0 Å². The van der Waals surface area contributed by atoms with Crippen LogP contribution < -0.4 is 5.32 Å². The minimum atomic E-state index is -2.64. The number of nitrogens with zero attached hydrogens (tertiary/aromatic N) is 2. The number of alkyl halides is 2. The number of piperidine rings is 1. The summed E-state index contributed by atoms with van der Waals surface area (Å²) < 4.78 is 26.7. The Labute approximate surface area is 158 Å². The molecule has 0 bridgehead atoms. The van der Waals surface area contributed by atoms with Crippen LogP contribution in [0, 0.1) is 0 Å². The van der Waals surface area contributed by atoms with Crippen LogP contribution in [0.4, 0.5) is 14.5 Å². The third kappa shape index (κ3) is 5.60. The predicted molar refractivity (Wildman–Crippen MR) is 100.0 cm³/mol. The smallest absolute Gasteiger partial charge is 0.260 e. The molecule has 1 aromatic rings. The molecule has 0 radical (unpaired) electrons. The van der Waals surface area contributed by atoms with E-state index >= 15 is 0 Å². The van der Waals surface area contributed by atoms with E-state index in [0.717, 1.165) is 25.9 Å². The first-order valence-electron chi connectivity index (χ1n) is 9.40. The minimum absolute atomic E-state index is 0.0172. The second-order valence-corrected chi connectivity index (χ2v) is 7.16. The summed E-state index contributed by atoms with van der Waals surface area (Å²) in [4.78, 5) is 27.7. The largest absolute Gasteiger partial charge is 0.339 e. The summed E-state index contributed by atoms with van der Waals surface area (Å²) in [7, 11) is 0. The highest BCUT2D eigenvalue weighted by atomic mass is 19.3. The normalized spacial score (nSPS) is 20.1. The SMILES string of the molecule is O=C(/C=C/CN1CCCC(F)(F)C1)Nc1ccc(C(=O)N2CCCC2)cc1. The quantitative estimate of drug-likeness (QED) is 0.802. The van der Waals surface area contributed by atoms with E-state index in [2.05, 4.69) is 5.32 Å². The van der Waals surface area contributed by atoms with Crippen molar-refractivity contribution in [3.63, 3.8) is 0 Å². The van der Waals surface area contributed by atoms with Gasteiger partial charge < -0.3 is 10.2 Å². The number of carbonyl (C=O) groups is 2. The Kier molecular flexibility index (Phi) is 6.21. The molecule has 0 spiro atoms. The molecule has 1 aromatic carbocycles. The number of benzene rings is 1. The summed E-state index contributed by atoms with van der Waals surface area (Å²) >= 11 is 0. The molecule has 2 saturated heterocycles. The zero-order valence-corrected chi connectivity index (χ0v) is 15.3. The number of nitrogens with one attached hydrogen (secondary N) is 1. The Bertz CT molecular complexity index is 698. The van der Waals surface area contributed by atoms with E-state index < -0.39 is 5.92 Å². The van der Waals surface area contributed by atoms with Gasteiger partial charge in [0.15, 0.2) is 0 Å². The Balaban J connectivity index is 1.47. The van der Waals surface area contributed by atoms with Crippen molar-refractivity contribution in [2.45, 2.75) is 31.6 Å². The Morgan fingerprint density at radius 3 is 2.44 bits per heavy atom. The molecule has 7 heteroatoms. The monoisotopic (exact) mass is 377 g/mol. The van der Waals surface area contributed by atoms with Crippen LogP contribution in [0.2, 0.25) is 0 Å². The molecule has 2 aliphatic rings. The Morgan fingerprint density at radius 2 is 1.78 bits per heavy atom. The maximum absolute atomic E-state index is 13.3. The van der Waals surface area contributed by atoms with Gasteiger partial charge in [-0.05, 0) is 50.1 Å². The van der Waals surface area contributed by atoms with Gasteiger partial charge in [-0.2, -0.15) is 0 Å². The zero-order chi connectivity index (χ0) is 19.3. The van der Waals surface area contributed by atoms with Crippen molar-refractivity contribution in [1.82, 2.24) is 9.80 Å². The second-order valence-electron chi connectivity index (χ2n) is 7.16. The summed E-state index contributed by atoms with van der Waals surface area (Å²) in [6.45, 7) is 2.28. The third-order valence-electron chi connectivity index (χ3n) is 4.90. The summed E-state index contributed by atoms with van der Waals surface area (Å²) in [6.07, 6.45) is 5.44. The molecule has 2 aliphatic heterocycles. The van der Waals surface area contributed by atoms with E-state index in [1.54, 1.807) is 35.2 Å². The molecule has 146 valence electrons. The molecule has 2 fully saturated rings. The molecule has 0 unspecified atom stereocenters. The molecule has 0 saturated carbocycles. The molecule has 27 heavy (non-hydrogen) atoms. The van der Waals surface area contributed by atoms with Crippen molar-refractivity contribution in [2.24, 2.45) is 0 Å². The van der Waals surface area contributed by atoms with Crippen molar-refractivity contribution in [1.29, 1.82) is 0 Å². The number of rotatable bonds is 5. The first-order chi connectivity index (χ1) is 12.9. The Morgan fingerprint density at radius 1 is 1.07 bits per heavy atom. The van der Waals surface area contributed by atoms with Gasteiger partial charge in [-0.3, -0.25) is 14.5 Å². The van der Waals surface area contributed by atoms with Crippen LogP contribution >= 0.6 is 0 Å². The molecule has 5 nitrogen and oxygen atoms in total. The van der Waals surface area contributed by atoms with Gasteiger partial charge in [0.25, 0.3) is 11.8 Å². The lowest BCUT2D eigenvalue weighted by molar-refractivity contribution is -0.111. The fourth-order valence-corrected chi connectivity index (χ4v) is 3.49. The first kappa shape index (κ1) is 19.5. The minimum Gasteiger partial charge on any atom is -0.339 e. The highest BCUT2D eigenvalue weighted by Gasteiger charge is 2.34. The van der Waals surface area contributed by atoms with E-state index in [1.165, 1.54) is 6.08 Å². The molecule has 0 aromatic heterocycles. The number of likely N-dealkylation sites (tertiary alicyclic amines) is 2. The average Bonchev–Trinajstić information content (AvgIpc) is 3.15. The van der Waals surface area contributed by atoms with Crippen LogP contribution in [0.5, 0.6) is 0 Å². The second kappa shape index (κ2) is 8.61. The van der Waals surface area contributed by atoms with E-state index in [1.807, 2.05) is 4.90 Å². The summed E-state index contributed by atoms with van der Waals surface area (Å²) in [5, 5.41) is 2.71. The molecule has 2 amide bonds. The van der Waals surface area contributed by atoms with Gasteiger partial charge >= 0.3 is 0 Å². The maximum Gasteiger partial charge on any atom is 0.260 e. The summed E-state index contributed by atoms with van der Waals surface area (Å²) in [5.74, 6) is -2.94. The lowest BCUT2D eigenvalue weighted by Gasteiger charge is -2.31. The van der Waals surface area contributed by atoms with Gasteiger partial charge in [-0.1, -0.05) is 6.08 Å². The van der Waals surface area contributed by atoms with Gasteiger partial charge in [0.05, 0.1) is 6.54 Å². The topological polar surface area (TPSA) is 52.7 Å². The number of hydrogen-bond donors (Lipinski definition) is 1. The first-order valence-corrected chi connectivity index (χ1v) is 9.40. The van der Waals surface area contributed by atoms with E-state index in [-0.39, 0.29) is 24.8 Å². The fraction of sp³-hybridized carbons (Fsp3) is 0.500. The number of carbonyl (C=O) groups excluding carboxylic acids is 2. The molecule has 0 atom stereocenters. The highest BCUT2D eigenvalue weighted by molar-refractivity contribution is 6.00. The van der Waals surface area contributed by atoms with Crippen LogP contribution in [0.25, 0.3) is 0 Å². The average molecular weight is 377 g/mol. The third-order valence-corrected chi connectivity index (χ3v) is 4.90. The molecule has 1 N–H and O–H groups in total. The molecule has 0 aliphatic carbocycles. The lowest BCUT2D eigenvalue weighted by Crippen LogP contribution is -2.42. The van der Waals surface area contributed by atoms with Gasteiger partial charge in [0, 0.05) is 43.4 Å². The van der Waals surface area contributed by atoms with Crippen LogP contribution in [0.15, 0.2) is 36.4 Å². The Hall–Kier alpha value is -2.28. The number of anilines is 1. The van der Waals surface area contributed by atoms with Crippen molar-refractivity contribution in [3.8, 4) is 0 Å². The zero-order valence-electron chi connectivity index (χ0n) is 15.3. The fourth-order valence-electron chi connectivity index (χ4n) is 3.49. The predicted octanol–water partition coefficient (Wildman–Crippen LogP) is 3.15. The van der Waals surface area contributed by atoms with Crippen LogP contribution in [-0.2, 0) is 4.79 Å². The van der Waals surface area contributed by atoms with E-state index in [9.17, 15) is 18.4 Å². The van der Waals surface area contributed by atoms with Gasteiger partial charge in [0.1, 0.15) is 0 Å². The van der Waals surface area contributed by atoms with E-state index in [0.29, 0.717) is 30.8 Å². The van der Waals surface area contributed by atoms with Gasteiger partial charge in [0.2, 0.25) is 5.91 Å². The number of hydrogen-bond acceptors (Lipinski definition) is 3. The van der Waals surface area contributed by atoms with Crippen molar-refractivity contribution >= 4 is 17.5 Å². The maximum atomic E-state index is 13.3. The molecule has 3 rings (SSSR count). The highest BCUT2D eigenvalue weighted by Crippen LogP contribution is 2.26. The lowest BCUT2D eigenvalue weighted by atomic mass is 10.1. The van der Waals surface area contributed by atoms with Crippen LogP contribution in [0.1, 0.15) is 36.0 Å². The van der Waals surface area contributed by atoms with Crippen molar-refractivity contribution in [2.75, 3.05) is 38.0 Å². The van der Waals surface area contributed by atoms with Crippen molar-refractivity contribution < 1.29 is 18.4 Å². The molecular formula is C20H25F2N3O2. The molecular weight excluding hydrogens is 352 g/mol. The number of halogens is 2. The summed E-state index contributed by atoms with van der Waals surface area (Å²) in [6, 6.07) is 6.80. The number of amides is 2. The van der Waals surface area contributed by atoms with Crippen molar-refractivity contribution in [3.05, 3.63) is 42.0 Å².